The molecule has 0 unspecified atom stereocenters. The first kappa shape index (κ1) is 23.4. The molecule has 1 amide bonds. The summed E-state index contributed by atoms with van der Waals surface area (Å²) >= 11 is 0. The van der Waals surface area contributed by atoms with Crippen LogP contribution in [0, 0.1) is 0 Å². The monoisotopic (exact) mass is 485 g/mol. The van der Waals surface area contributed by atoms with Crippen LogP contribution < -0.4 is 10.6 Å². The zero-order valence-electron chi connectivity index (χ0n) is 19.9. The minimum Gasteiger partial charge on any atom is -0.369 e. The van der Waals surface area contributed by atoms with E-state index in [9.17, 15) is 13.2 Å². The molecule has 34 heavy (non-hydrogen) atoms. The van der Waals surface area contributed by atoms with Gasteiger partial charge in [-0.3, -0.25) is 4.79 Å². The number of rotatable bonds is 5. The van der Waals surface area contributed by atoms with E-state index in [1.54, 1.807) is 0 Å². The van der Waals surface area contributed by atoms with Gasteiger partial charge < -0.3 is 20.5 Å². The molecule has 2 fully saturated rings. The van der Waals surface area contributed by atoms with Crippen LogP contribution in [-0.2, 0) is 21.4 Å². The summed E-state index contributed by atoms with van der Waals surface area (Å²) in [6, 6.07) is 6.74. The summed E-state index contributed by atoms with van der Waals surface area (Å²) in [6.07, 6.45) is 8.87. The predicted molar refractivity (Wildman–Crippen MR) is 136 cm³/mol. The number of benzene rings is 1. The van der Waals surface area contributed by atoms with Crippen molar-refractivity contribution in [3.05, 3.63) is 35.5 Å². The summed E-state index contributed by atoms with van der Waals surface area (Å²) < 4.78 is 25.3. The zero-order chi connectivity index (χ0) is 23.9. The first-order chi connectivity index (χ1) is 16.3. The molecule has 1 aromatic carbocycles. The lowest BCUT2D eigenvalue weighted by molar-refractivity contribution is -0.135. The van der Waals surface area contributed by atoms with Gasteiger partial charge in [-0.25, -0.2) is 8.42 Å². The lowest BCUT2D eigenvalue weighted by Crippen LogP contribution is -2.51. The van der Waals surface area contributed by atoms with E-state index in [2.05, 4.69) is 33.0 Å². The van der Waals surface area contributed by atoms with Crippen molar-refractivity contribution in [1.82, 2.24) is 14.2 Å². The number of hydrogen-bond acceptors (Lipinski definition) is 5. The SMILES string of the molecule is CS(=O)(=O)N1CC=C(c2cc3c(N4CCC[C@@H](N5CCCCC5=O)C4)ccc(CN)c3[nH]2)CC1. The van der Waals surface area contributed by atoms with Crippen molar-refractivity contribution in [3.8, 4) is 0 Å². The van der Waals surface area contributed by atoms with Gasteiger partial charge in [0.2, 0.25) is 15.9 Å². The molecule has 0 radical (unpaired) electrons. The van der Waals surface area contributed by atoms with E-state index in [1.165, 1.54) is 16.2 Å². The van der Waals surface area contributed by atoms with Crippen LogP contribution in [0.25, 0.3) is 16.5 Å². The average Bonchev–Trinajstić information content (AvgIpc) is 3.29. The highest BCUT2D eigenvalue weighted by Crippen LogP contribution is 2.35. The molecule has 0 aliphatic carbocycles. The van der Waals surface area contributed by atoms with Crippen molar-refractivity contribution >= 4 is 38.1 Å². The van der Waals surface area contributed by atoms with Crippen LogP contribution in [0.2, 0.25) is 0 Å². The van der Waals surface area contributed by atoms with Crippen LogP contribution in [-0.4, -0.2) is 73.5 Å². The largest absolute Gasteiger partial charge is 0.369 e. The zero-order valence-corrected chi connectivity index (χ0v) is 20.7. The number of carbonyl (C=O) groups is 1. The third kappa shape index (κ3) is 4.48. The molecule has 184 valence electrons. The number of hydrogen-bond donors (Lipinski definition) is 2. The van der Waals surface area contributed by atoms with Gasteiger partial charge in [0.25, 0.3) is 0 Å². The first-order valence-electron chi connectivity index (χ1n) is 12.4. The van der Waals surface area contributed by atoms with E-state index < -0.39 is 10.0 Å². The number of aromatic nitrogens is 1. The summed E-state index contributed by atoms with van der Waals surface area (Å²) in [4.78, 5) is 20.7. The fourth-order valence-corrected chi connectivity index (χ4v) is 6.49. The van der Waals surface area contributed by atoms with Crippen molar-refractivity contribution in [2.45, 2.75) is 51.1 Å². The Morgan fingerprint density at radius 3 is 2.68 bits per heavy atom. The average molecular weight is 486 g/mol. The van der Waals surface area contributed by atoms with Crippen LogP contribution in [0.3, 0.4) is 0 Å². The van der Waals surface area contributed by atoms with E-state index >= 15 is 0 Å². The summed E-state index contributed by atoms with van der Waals surface area (Å²) in [5, 5.41) is 1.15. The van der Waals surface area contributed by atoms with Gasteiger partial charge in [0.05, 0.1) is 11.8 Å². The van der Waals surface area contributed by atoms with Crippen molar-refractivity contribution in [1.29, 1.82) is 0 Å². The number of H-pyrrole nitrogens is 1. The maximum atomic E-state index is 12.5. The third-order valence-corrected chi connectivity index (χ3v) is 8.87. The number of carbonyl (C=O) groups excluding carboxylic acids is 1. The summed E-state index contributed by atoms with van der Waals surface area (Å²) in [5.74, 6) is 0.304. The minimum absolute atomic E-state index is 0.271. The molecule has 1 atom stereocenters. The van der Waals surface area contributed by atoms with Crippen molar-refractivity contribution in [2.75, 3.05) is 43.9 Å². The summed E-state index contributed by atoms with van der Waals surface area (Å²) in [7, 11) is -3.18. The van der Waals surface area contributed by atoms with Crippen LogP contribution >= 0.6 is 0 Å². The molecular formula is C25H35N5O3S. The van der Waals surface area contributed by atoms with Crippen molar-refractivity contribution in [3.63, 3.8) is 0 Å². The second-order valence-electron chi connectivity index (χ2n) is 9.81. The molecular weight excluding hydrogens is 450 g/mol. The summed E-state index contributed by atoms with van der Waals surface area (Å²) in [6.45, 7) is 4.05. The van der Waals surface area contributed by atoms with Crippen molar-refractivity contribution in [2.24, 2.45) is 5.73 Å². The number of sulfonamides is 1. The first-order valence-corrected chi connectivity index (χ1v) is 14.2. The molecule has 3 aliphatic heterocycles. The van der Waals surface area contributed by atoms with Crippen molar-refractivity contribution < 1.29 is 13.2 Å². The normalized spacial score (nSPS) is 22.9. The van der Waals surface area contributed by atoms with Gasteiger partial charge in [-0.2, -0.15) is 4.31 Å². The van der Waals surface area contributed by atoms with E-state index in [-0.39, 0.29) is 6.04 Å². The van der Waals surface area contributed by atoms with Gasteiger partial charge in [0.1, 0.15) is 0 Å². The van der Waals surface area contributed by atoms with E-state index in [0.29, 0.717) is 38.4 Å². The Hall–Kier alpha value is -2.36. The molecule has 9 heteroatoms. The molecule has 2 saturated heterocycles. The number of likely N-dealkylation sites (tertiary alicyclic amines) is 1. The Kier molecular flexibility index (Phi) is 6.43. The topological polar surface area (TPSA) is 103 Å². The maximum absolute atomic E-state index is 12.5. The fraction of sp³-hybridized carbons (Fsp3) is 0.560. The molecule has 2 aromatic rings. The van der Waals surface area contributed by atoms with Gasteiger partial charge in [-0.05, 0) is 55.4 Å². The third-order valence-electron chi connectivity index (χ3n) is 7.60. The van der Waals surface area contributed by atoms with Crippen LogP contribution in [0.4, 0.5) is 5.69 Å². The predicted octanol–water partition coefficient (Wildman–Crippen LogP) is 2.66. The van der Waals surface area contributed by atoms with E-state index in [1.807, 2.05) is 6.08 Å². The highest BCUT2D eigenvalue weighted by Gasteiger charge is 2.31. The van der Waals surface area contributed by atoms with Crippen LogP contribution in [0.1, 0.15) is 49.8 Å². The molecule has 0 spiro atoms. The Balaban J connectivity index is 1.45. The van der Waals surface area contributed by atoms with Gasteiger partial charge in [0.15, 0.2) is 0 Å². The molecule has 8 nitrogen and oxygen atoms in total. The van der Waals surface area contributed by atoms with Crippen LogP contribution in [0.5, 0.6) is 0 Å². The molecule has 0 saturated carbocycles. The second-order valence-corrected chi connectivity index (χ2v) is 11.8. The standard InChI is InChI=1S/C25H35N5O3S/c1-34(32,33)29-13-9-18(10-14-29)22-15-21-23(8-7-19(16-26)25(21)27-22)28-11-4-5-20(17-28)30-12-3-2-6-24(30)31/h7-9,15,20,27H,2-6,10-14,16-17,26H2,1H3/t20-/m1/s1. The van der Waals surface area contributed by atoms with Gasteiger partial charge in [-0.1, -0.05) is 12.1 Å². The molecule has 3 N–H and O–H groups in total. The summed E-state index contributed by atoms with van der Waals surface area (Å²) in [5.41, 5.74) is 11.5. The highest BCUT2D eigenvalue weighted by molar-refractivity contribution is 7.88. The number of piperidine rings is 2. The molecule has 5 rings (SSSR count). The Labute approximate surface area is 201 Å². The molecule has 3 aliphatic rings. The van der Waals surface area contributed by atoms with Gasteiger partial charge >= 0.3 is 0 Å². The number of nitrogens with zero attached hydrogens (tertiary/aromatic N) is 3. The maximum Gasteiger partial charge on any atom is 0.222 e. The lowest BCUT2D eigenvalue weighted by atomic mass is 9.98. The molecule has 1 aromatic heterocycles. The Morgan fingerprint density at radius 2 is 1.97 bits per heavy atom. The van der Waals surface area contributed by atoms with E-state index in [0.717, 1.165) is 73.1 Å². The number of anilines is 1. The van der Waals surface area contributed by atoms with Gasteiger partial charge in [-0.15, -0.1) is 0 Å². The smallest absolute Gasteiger partial charge is 0.222 e. The van der Waals surface area contributed by atoms with Gasteiger partial charge in [0, 0.05) is 68.5 Å². The number of nitrogens with two attached hydrogens (primary N) is 1. The van der Waals surface area contributed by atoms with E-state index in [4.69, 9.17) is 5.73 Å². The Morgan fingerprint density at radius 1 is 1.12 bits per heavy atom. The number of nitrogens with one attached hydrogen (secondary N) is 1. The number of amides is 1. The Bertz CT molecular complexity index is 1220. The number of fused-ring (bicyclic) bond motifs is 1. The minimum atomic E-state index is -3.18. The molecule has 4 heterocycles. The quantitative estimate of drug-likeness (QED) is 0.678. The van der Waals surface area contributed by atoms with Crippen LogP contribution in [0.15, 0.2) is 24.3 Å². The lowest BCUT2D eigenvalue weighted by Gasteiger charge is -2.42. The fourth-order valence-electron chi connectivity index (χ4n) is 5.72. The second kappa shape index (κ2) is 9.36. The number of aromatic amines is 1. The highest BCUT2D eigenvalue weighted by atomic mass is 32.2. The molecule has 0 bridgehead atoms.